The molecule has 0 radical (unpaired) electrons. The van der Waals surface area contributed by atoms with Crippen molar-refractivity contribution in [3.63, 3.8) is 0 Å². The van der Waals surface area contributed by atoms with Crippen LogP contribution in [0.25, 0.3) is 0 Å². The second-order valence-corrected chi connectivity index (χ2v) is 5.62. The van der Waals surface area contributed by atoms with Crippen molar-refractivity contribution >= 4 is 11.8 Å². The number of nitrogens with one attached hydrogen (secondary N) is 2. The van der Waals surface area contributed by atoms with Gasteiger partial charge in [-0.2, -0.15) is 0 Å². The number of rotatable bonds is 5. The highest BCUT2D eigenvalue weighted by Crippen LogP contribution is 2.19. The molecule has 5 nitrogen and oxygen atoms in total. The third-order valence-electron chi connectivity index (χ3n) is 4.06. The number of hydrogen-bond acceptors (Lipinski definition) is 3. The lowest BCUT2D eigenvalue weighted by atomic mass is 9.94. The molecule has 0 saturated carbocycles. The van der Waals surface area contributed by atoms with Crippen LogP contribution in [0.15, 0.2) is 0 Å². The number of unbranched alkanes of at least 4 members (excludes halogenated alkanes) is 1. The molecule has 2 aliphatic rings. The molecule has 2 N–H and O–H groups in total. The molecule has 2 heterocycles. The highest BCUT2D eigenvalue weighted by Gasteiger charge is 2.33. The summed E-state index contributed by atoms with van der Waals surface area (Å²) in [7, 11) is 0. The summed E-state index contributed by atoms with van der Waals surface area (Å²) in [5, 5.41) is 6.10. The molecule has 0 aromatic carbocycles. The molecule has 2 saturated heterocycles. The van der Waals surface area contributed by atoms with Gasteiger partial charge in [0.1, 0.15) is 0 Å². The average molecular weight is 267 g/mol. The quantitative estimate of drug-likeness (QED) is 0.707. The first-order valence-electron chi connectivity index (χ1n) is 7.49. The zero-order valence-electron chi connectivity index (χ0n) is 11.8. The molecule has 0 bridgehead atoms. The lowest BCUT2D eigenvalue weighted by Crippen LogP contribution is -2.55. The van der Waals surface area contributed by atoms with Crippen LogP contribution < -0.4 is 10.6 Å². The Hall–Kier alpha value is -1.10. The molecule has 0 spiro atoms. The van der Waals surface area contributed by atoms with Gasteiger partial charge in [-0.3, -0.25) is 9.59 Å². The summed E-state index contributed by atoms with van der Waals surface area (Å²) < 4.78 is 0. The van der Waals surface area contributed by atoms with Gasteiger partial charge in [-0.1, -0.05) is 13.3 Å². The fourth-order valence-electron chi connectivity index (χ4n) is 2.65. The first kappa shape index (κ1) is 14.3. The maximum absolute atomic E-state index is 12.2. The van der Waals surface area contributed by atoms with E-state index in [1.807, 2.05) is 4.90 Å². The molecule has 2 fully saturated rings. The third kappa shape index (κ3) is 3.69. The van der Waals surface area contributed by atoms with E-state index in [-0.39, 0.29) is 23.7 Å². The van der Waals surface area contributed by atoms with Crippen LogP contribution in [-0.2, 0) is 9.59 Å². The molecule has 0 aliphatic carbocycles. The average Bonchev–Trinajstić information content (AvgIpc) is 2.37. The first-order chi connectivity index (χ1) is 9.22. The minimum absolute atomic E-state index is 0.0115. The van der Waals surface area contributed by atoms with E-state index in [2.05, 4.69) is 17.6 Å². The van der Waals surface area contributed by atoms with Crippen LogP contribution in [0.2, 0.25) is 0 Å². The van der Waals surface area contributed by atoms with Gasteiger partial charge in [0, 0.05) is 32.7 Å². The van der Waals surface area contributed by atoms with Crippen molar-refractivity contribution in [3.05, 3.63) is 0 Å². The van der Waals surface area contributed by atoms with Crippen molar-refractivity contribution in [1.29, 1.82) is 0 Å². The van der Waals surface area contributed by atoms with E-state index in [1.54, 1.807) is 0 Å². The van der Waals surface area contributed by atoms with Gasteiger partial charge < -0.3 is 15.5 Å². The van der Waals surface area contributed by atoms with Crippen LogP contribution in [0.5, 0.6) is 0 Å². The molecule has 108 valence electrons. The van der Waals surface area contributed by atoms with Crippen LogP contribution in [-0.4, -0.2) is 49.4 Å². The molecule has 5 heteroatoms. The summed E-state index contributed by atoms with van der Waals surface area (Å²) >= 11 is 0. The zero-order chi connectivity index (χ0) is 13.7. The zero-order valence-corrected chi connectivity index (χ0v) is 11.8. The Kier molecular flexibility index (Phi) is 5.19. The van der Waals surface area contributed by atoms with Gasteiger partial charge in [0.15, 0.2) is 0 Å². The summed E-state index contributed by atoms with van der Waals surface area (Å²) in [6.45, 7) is 5.87. The maximum Gasteiger partial charge on any atom is 0.228 e. The van der Waals surface area contributed by atoms with E-state index in [4.69, 9.17) is 0 Å². The van der Waals surface area contributed by atoms with Gasteiger partial charge in [-0.05, 0) is 19.3 Å². The molecule has 0 aromatic rings. The molecule has 1 unspecified atom stereocenters. The first-order valence-corrected chi connectivity index (χ1v) is 7.49. The highest BCUT2D eigenvalue weighted by atomic mass is 16.2. The largest absolute Gasteiger partial charge is 0.356 e. The summed E-state index contributed by atoms with van der Waals surface area (Å²) in [6, 6.07) is 0. The van der Waals surface area contributed by atoms with Crippen molar-refractivity contribution in [2.24, 2.45) is 11.8 Å². The van der Waals surface area contributed by atoms with Gasteiger partial charge in [0.2, 0.25) is 11.8 Å². The monoisotopic (exact) mass is 267 g/mol. The van der Waals surface area contributed by atoms with E-state index in [9.17, 15) is 9.59 Å². The Morgan fingerprint density at radius 2 is 2.11 bits per heavy atom. The Labute approximate surface area is 115 Å². The van der Waals surface area contributed by atoms with Crippen LogP contribution >= 0.6 is 0 Å². The molecule has 2 aliphatic heterocycles. The summed E-state index contributed by atoms with van der Waals surface area (Å²) in [6.07, 6.45) is 3.96. The number of piperidine rings is 1. The minimum Gasteiger partial charge on any atom is -0.356 e. The maximum atomic E-state index is 12.2. The van der Waals surface area contributed by atoms with E-state index < -0.39 is 0 Å². The van der Waals surface area contributed by atoms with Gasteiger partial charge in [0.25, 0.3) is 0 Å². The van der Waals surface area contributed by atoms with Crippen LogP contribution in [0.4, 0.5) is 0 Å². The lowest BCUT2D eigenvalue weighted by Gasteiger charge is -2.37. The predicted molar refractivity (Wildman–Crippen MR) is 73.6 cm³/mol. The van der Waals surface area contributed by atoms with Crippen molar-refractivity contribution in [2.75, 3.05) is 32.7 Å². The molecular formula is C14H25N3O2. The topological polar surface area (TPSA) is 61.4 Å². The number of carbonyl (C=O) groups excluding carboxylic acids is 2. The number of carbonyl (C=O) groups is 2. The fourth-order valence-corrected chi connectivity index (χ4v) is 2.65. The second-order valence-electron chi connectivity index (χ2n) is 5.62. The van der Waals surface area contributed by atoms with Crippen molar-refractivity contribution in [2.45, 2.75) is 32.6 Å². The molecule has 19 heavy (non-hydrogen) atoms. The lowest BCUT2D eigenvalue weighted by molar-refractivity contribution is -0.140. The van der Waals surface area contributed by atoms with Crippen molar-refractivity contribution in [3.8, 4) is 0 Å². The molecule has 2 amide bonds. The minimum atomic E-state index is -0.0115. The molecule has 1 atom stereocenters. The Bertz CT molecular complexity index is 329. The molecule has 2 rings (SSSR count). The number of nitrogens with zero attached hydrogens (tertiary/aromatic N) is 1. The second kappa shape index (κ2) is 6.89. The van der Waals surface area contributed by atoms with Gasteiger partial charge in [-0.25, -0.2) is 0 Å². The van der Waals surface area contributed by atoms with Crippen LogP contribution in [0, 0.1) is 11.8 Å². The molecular weight excluding hydrogens is 242 g/mol. The van der Waals surface area contributed by atoms with Crippen LogP contribution in [0.1, 0.15) is 32.6 Å². The highest BCUT2D eigenvalue weighted by molar-refractivity contribution is 5.83. The molecule has 0 aromatic heterocycles. The number of hydrogen-bond donors (Lipinski definition) is 2. The summed E-state index contributed by atoms with van der Waals surface area (Å²) in [4.78, 5) is 26.1. The Balaban J connectivity index is 1.79. The van der Waals surface area contributed by atoms with Crippen LogP contribution in [0.3, 0.4) is 0 Å². The standard InChI is InChI=1S/C14H25N3O2/c1-2-3-6-16-13(18)11-5-4-7-17(10-11)14(19)12-8-15-9-12/h11-12,15H,2-10H2,1H3,(H,16,18). The SMILES string of the molecule is CCCCNC(=O)C1CCCN(C(=O)C2CNC2)C1. The Morgan fingerprint density at radius 1 is 1.32 bits per heavy atom. The number of likely N-dealkylation sites (tertiary alicyclic amines) is 1. The summed E-state index contributed by atoms with van der Waals surface area (Å²) in [5.74, 6) is 0.479. The van der Waals surface area contributed by atoms with Gasteiger partial charge in [-0.15, -0.1) is 0 Å². The Morgan fingerprint density at radius 3 is 2.74 bits per heavy atom. The van der Waals surface area contributed by atoms with E-state index >= 15 is 0 Å². The van der Waals surface area contributed by atoms with Gasteiger partial charge >= 0.3 is 0 Å². The van der Waals surface area contributed by atoms with Crippen molar-refractivity contribution < 1.29 is 9.59 Å². The van der Waals surface area contributed by atoms with E-state index in [0.717, 1.165) is 51.9 Å². The third-order valence-corrected chi connectivity index (χ3v) is 4.06. The van der Waals surface area contributed by atoms with Crippen molar-refractivity contribution in [1.82, 2.24) is 15.5 Å². The smallest absolute Gasteiger partial charge is 0.228 e. The normalized spacial score (nSPS) is 23.8. The van der Waals surface area contributed by atoms with E-state index in [0.29, 0.717) is 6.54 Å². The van der Waals surface area contributed by atoms with Gasteiger partial charge in [0.05, 0.1) is 11.8 Å². The van der Waals surface area contributed by atoms with E-state index in [1.165, 1.54) is 0 Å². The fraction of sp³-hybridized carbons (Fsp3) is 0.857. The predicted octanol–water partition coefficient (Wildman–Crippen LogP) is 0.361. The number of amides is 2. The summed E-state index contributed by atoms with van der Waals surface area (Å²) in [5.41, 5.74) is 0.